The van der Waals surface area contributed by atoms with E-state index in [1.165, 1.54) is 76.5 Å². The van der Waals surface area contributed by atoms with E-state index in [0.29, 0.717) is 0 Å². The van der Waals surface area contributed by atoms with Crippen LogP contribution in [0.1, 0.15) is 55.5 Å². The van der Waals surface area contributed by atoms with E-state index in [1.807, 2.05) is 13.0 Å². The highest BCUT2D eigenvalue weighted by molar-refractivity contribution is 6.23. The number of benzene rings is 8. The van der Waals surface area contributed by atoms with E-state index < -0.39 is 0 Å². The van der Waals surface area contributed by atoms with Crippen molar-refractivity contribution in [1.82, 2.24) is 0 Å². The summed E-state index contributed by atoms with van der Waals surface area (Å²) in [6.45, 7) is 18.3. The standard InChI is InChI=1S/C55H42O/c1-7-8-17-33(2)34(3)38-18-9-10-19-39(38)35(4)50-40-20-11-13-22-42(40)51(43-23-14-12-21-41(43)50)37-27-30-47-46(32-37)44-29-26-36-28-31-49-53(52(36)54(44)55(47,5)6)45-24-15-16-25-48(45)56-49/h7-32H,3-4H2,1-2,5-6H3/b8-7-,33-17+. The Morgan fingerprint density at radius 2 is 1.23 bits per heavy atom. The van der Waals surface area contributed by atoms with Gasteiger partial charge in [-0.05, 0) is 131 Å². The summed E-state index contributed by atoms with van der Waals surface area (Å²) in [6, 6.07) is 50.9. The Bertz CT molecular complexity index is 3150. The van der Waals surface area contributed by atoms with Gasteiger partial charge in [0.05, 0.1) is 0 Å². The first-order chi connectivity index (χ1) is 27.3. The number of allylic oxidation sites excluding steroid dienone is 5. The Morgan fingerprint density at radius 1 is 0.607 bits per heavy atom. The van der Waals surface area contributed by atoms with Crippen molar-refractivity contribution in [2.75, 3.05) is 0 Å². The van der Waals surface area contributed by atoms with Gasteiger partial charge in [-0.1, -0.05) is 167 Å². The second-order valence-corrected chi connectivity index (χ2v) is 15.7. The molecular formula is C55H42O. The third-order valence-electron chi connectivity index (χ3n) is 12.2. The van der Waals surface area contributed by atoms with Crippen molar-refractivity contribution in [2.24, 2.45) is 0 Å². The maximum Gasteiger partial charge on any atom is 0.136 e. The Kier molecular flexibility index (Phi) is 7.66. The van der Waals surface area contributed by atoms with Crippen molar-refractivity contribution in [1.29, 1.82) is 0 Å². The highest BCUT2D eigenvalue weighted by Gasteiger charge is 2.38. The van der Waals surface area contributed by atoms with Gasteiger partial charge in [0.15, 0.2) is 0 Å². The first kappa shape index (κ1) is 33.8. The van der Waals surface area contributed by atoms with Crippen LogP contribution in [-0.4, -0.2) is 0 Å². The molecule has 9 aromatic rings. The molecule has 0 radical (unpaired) electrons. The van der Waals surface area contributed by atoms with E-state index in [2.05, 4.69) is 179 Å². The highest BCUT2D eigenvalue weighted by atomic mass is 16.3. The number of rotatable bonds is 6. The third-order valence-corrected chi connectivity index (χ3v) is 12.2. The molecule has 1 nitrogen and oxygen atoms in total. The van der Waals surface area contributed by atoms with Gasteiger partial charge in [0.1, 0.15) is 11.2 Å². The summed E-state index contributed by atoms with van der Waals surface area (Å²) >= 11 is 0. The van der Waals surface area contributed by atoms with Gasteiger partial charge >= 0.3 is 0 Å². The first-order valence-corrected chi connectivity index (χ1v) is 19.5. The number of hydrogen-bond acceptors (Lipinski definition) is 1. The fourth-order valence-corrected chi connectivity index (χ4v) is 9.57. The Morgan fingerprint density at radius 3 is 1.95 bits per heavy atom. The zero-order chi connectivity index (χ0) is 38.3. The Labute approximate surface area is 328 Å². The monoisotopic (exact) mass is 718 g/mol. The van der Waals surface area contributed by atoms with Gasteiger partial charge in [-0.2, -0.15) is 0 Å². The quantitative estimate of drug-likeness (QED) is 0.123. The van der Waals surface area contributed by atoms with Crippen molar-refractivity contribution in [3.63, 3.8) is 0 Å². The predicted octanol–water partition coefficient (Wildman–Crippen LogP) is 15.6. The van der Waals surface area contributed by atoms with Crippen LogP contribution in [0.25, 0.3) is 87.7 Å². The molecule has 0 amide bonds. The molecule has 1 aliphatic rings. The van der Waals surface area contributed by atoms with Crippen LogP contribution in [0, 0.1) is 0 Å². The molecule has 0 atom stereocenters. The lowest BCUT2D eigenvalue weighted by Crippen LogP contribution is -2.15. The molecule has 0 saturated heterocycles. The summed E-state index contributed by atoms with van der Waals surface area (Å²) in [6.07, 6.45) is 6.24. The van der Waals surface area contributed by atoms with Crippen LogP contribution in [0.5, 0.6) is 0 Å². The summed E-state index contributed by atoms with van der Waals surface area (Å²) in [4.78, 5) is 0. The van der Waals surface area contributed by atoms with Gasteiger partial charge in [-0.25, -0.2) is 0 Å². The first-order valence-electron chi connectivity index (χ1n) is 19.5. The van der Waals surface area contributed by atoms with E-state index in [1.54, 1.807) is 0 Å². The largest absolute Gasteiger partial charge is 0.456 e. The molecule has 0 bridgehead atoms. The van der Waals surface area contributed by atoms with Crippen LogP contribution >= 0.6 is 0 Å². The lowest BCUT2D eigenvalue weighted by atomic mass is 9.79. The van der Waals surface area contributed by atoms with Gasteiger partial charge < -0.3 is 4.42 Å². The van der Waals surface area contributed by atoms with Crippen molar-refractivity contribution in [3.05, 3.63) is 204 Å². The molecule has 1 aromatic heterocycles. The topological polar surface area (TPSA) is 13.1 Å². The molecular weight excluding hydrogens is 677 g/mol. The number of fused-ring (bicyclic) bond motifs is 11. The minimum atomic E-state index is -0.209. The molecule has 56 heavy (non-hydrogen) atoms. The fourth-order valence-electron chi connectivity index (χ4n) is 9.57. The molecule has 1 aliphatic carbocycles. The summed E-state index contributed by atoms with van der Waals surface area (Å²) in [5.41, 5.74) is 15.9. The van der Waals surface area contributed by atoms with Crippen molar-refractivity contribution in [3.8, 4) is 22.3 Å². The molecule has 1 heteroatoms. The number of hydrogen-bond donors (Lipinski definition) is 0. The van der Waals surface area contributed by atoms with E-state index in [9.17, 15) is 0 Å². The van der Waals surface area contributed by atoms with Crippen LogP contribution in [-0.2, 0) is 5.41 Å². The molecule has 1 heterocycles. The van der Waals surface area contributed by atoms with Crippen molar-refractivity contribution < 1.29 is 4.42 Å². The second-order valence-electron chi connectivity index (χ2n) is 15.7. The summed E-state index contributed by atoms with van der Waals surface area (Å²) < 4.78 is 6.41. The van der Waals surface area contributed by atoms with E-state index in [-0.39, 0.29) is 5.41 Å². The average Bonchev–Trinajstić information content (AvgIpc) is 3.73. The second kappa shape index (κ2) is 12.7. The lowest BCUT2D eigenvalue weighted by molar-refractivity contribution is 0.665. The van der Waals surface area contributed by atoms with Gasteiger partial charge in [0, 0.05) is 16.2 Å². The maximum absolute atomic E-state index is 6.41. The molecule has 268 valence electrons. The zero-order valence-electron chi connectivity index (χ0n) is 32.3. The fraction of sp³-hybridized carbons (Fsp3) is 0.0909. The molecule has 0 unspecified atom stereocenters. The van der Waals surface area contributed by atoms with Gasteiger partial charge in [0.25, 0.3) is 0 Å². The molecule has 8 aromatic carbocycles. The van der Waals surface area contributed by atoms with Crippen LogP contribution in [0.2, 0.25) is 0 Å². The Hall–Kier alpha value is -6.70. The smallest absolute Gasteiger partial charge is 0.136 e. The summed E-state index contributed by atoms with van der Waals surface area (Å²) in [7, 11) is 0. The third kappa shape index (κ3) is 4.87. The number of furan rings is 1. The predicted molar refractivity (Wildman–Crippen MR) is 241 cm³/mol. The molecule has 0 fully saturated rings. The minimum Gasteiger partial charge on any atom is -0.456 e. The van der Waals surface area contributed by atoms with Crippen LogP contribution < -0.4 is 0 Å². The zero-order valence-corrected chi connectivity index (χ0v) is 32.3. The Balaban J connectivity index is 1.20. The minimum absolute atomic E-state index is 0.209. The summed E-state index contributed by atoms with van der Waals surface area (Å²) in [5, 5.41) is 9.71. The molecule has 0 saturated carbocycles. The van der Waals surface area contributed by atoms with Crippen LogP contribution in [0.15, 0.2) is 181 Å². The normalized spacial score (nSPS) is 13.7. The molecule has 0 aliphatic heterocycles. The maximum atomic E-state index is 6.41. The van der Waals surface area contributed by atoms with Crippen LogP contribution in [0.4, 0.5) is 0 Å². The van der Waals surface area contributed by atoms with Gasteiger partial charge in [-0.15, -0.1) is 0 Å². The van der Waals surface area contributed by atoms with Crippen molar-refractivity contribution in [2.45, 2.75) is 33.1 Å². The van der Waals surface area contributed by atoms with E-state index in [4.69, 9.17) is 11.0 Å². The number of para-hydroxylation sites is 1. The summed E-state index contributed by atoms with van der Waals surface area (Å²) in [5.74, 6) is 0. The molecule has 10 rings (SSSR count). The van der Waals surface area contributed by atoms with E-state index >= 15 is 0 Å². The van der Waals surface area contributed by atoms with Gasteiger partial charge in [0.2, 0.25) is 0 Å². The van der Waals surface area contributed by atoms with Crippen LogP contribution in [0.3, 0.4) is 0 Å². The van der Waals surface area contributed by atoms with Gasteiger partial charge in [-0.3, -0.25) is 0 Å². The average molecular weight is 719 g/mol. The molecule has 0 N–H and O–H groups in total. The van der Waals surface area contributed by atoms with E-state index in [0.717, 1.165) is 44.6 Å². The molecule has 0 spiro atoms. The highest BCUT2D eigenvalue weighted by Crippen LogP contribution is 2.55. The lowest BCUT2D eigenvalue weighted by Gasteiger charge is -2.24. The SMILES string of the molecule is C=C(/C(C)=C/C=C\C)c1ccccc1C(=C)c1c2ccccc2c(-c2ccc3c(c2)-c2ccc4ccc5oc6ccccc6c5c4c2C3(C)C)c2ccccc12. The van der Waals surface area contributed by atoms with Crippen molar-refractivity contribution >= 4 is 65.4 Å².